The van der Waals surface area contributed by atoms with Crippen molar-refractivity contribution in [3.63, 3.8) is 0 Å². The van der Waals surface area contributed by atoms with Crippen LogP contribution < -0.4 is 0 Å². The van der Waals surface area contributed by atoms with E-state index in [9.17, 15) is 0 Å². The molecule has 0 radical (unpaired) electrons. The molecule has 6 aromatic rings. The minimum absolute atomic E-state index is 0.887. The van der Waals surface area contributed by atoms with Crippen molar-refractivity contribution in [1.29, 1.82) is 0 Å². The first kappa shape index (κ1) is 16.6. The first-order valence-corrected chi connectivity index (χ1v) is 9.64. The van der Waals surface area contributed by atoms with Crippen molar-refractivity contribution in [3.8, 4) is 33.8 Å². The van der Waals surface area contributed by atoms with Gasteiger partial charge in [0.1, 0.15) is 5.69 Å². The summed E-state index contributed by atoms with van der Waals surface area (Å²) in [5.74, 6) is 0. The van der Waals surface area contributed by atoms with E-state index in [1.165, 1.54) is 0 Å². The van der Waals surface area contributed by atoms with E-state index in [1.807, 2.05) is 36.5 Å². The molecule has 0 aliphatic carbocycles. The van der Waals surface area contributed by atoms with E-state index in [2.05, 4.69) is 54.4 Å². The van der Waals surface area contributed by atoms with Crippen LogP contribution in [0.1, 0.15) is 0 Å². The van der Waals surface area contributed by atoms with Crippen LogP contribution in [0.3, 0.4) is 0 Å². The minimum Gasteiger partial charge on any atom is -0.353 e. The highest BCUT2D eigenvalue weighted by Crippen LogP contribution is 2.34. The summed E-state index contributed by atoms with van der Waals surface area (Å²) in [6, 6.07) is 18.4. The SMILES string of the molecule is c1cc(-c2ccc3[nH]nc(-c4cc5c(-c6ccncc6)nccc5[nH]4)c3c2)ccn1. The van der Waals surface area contributed by atoms with Gasteiger partial charge in [-0.3, -0.25) is 20.1 Å². The zero-order valence-electron chi connectivity index (χ0n) is 15.9. The molecular weight excluding hydrogens is 372 g/mol. The lowest BCUT2D eigenvalue weighted by molar-refractivity contribution is 1.12. The minimum atomic E-state index is 0.887. The summed E-state index contributed by atoms with van der Waals surface area (Å²) in [6.45, 7) is 0. The van der Waals surface area contributed by atoms with E-state index < -0.39 is 0 Å². The normalized spacial score (nSPS) is 11.3. The van der Waals surface area contributed by atoms with Gasteiger partial charge in [-0.1, -0.05) is 6.07 Å². The molecule has 0 atom stereocenters. The molecule has 5 aromatic heterocycles. The second-order valence-electron chi connectivity index (χ2n) is 7.11. The van der Waals surface area contributed by atoms with Crippen LogP contribution in [0.5, 0.6) is 0 Å². The number of aromatic amines is 2. The van der Waals surface area contributed by atoms with Gasteiger partial charge in [0.2, 0.25) is 0 Å². The van der Waals surface area contributed by atoms with Crippen molar-refractivity contribution >= 4 is 21.8 Å². The highest BCUT2D eigenvalue weighted by molar-refractivity contribution is 6.00. The Morgan fingerprint density at radius 2 is 1.30 bits per heavy atom. The third kappa shape index (κ3) is 2.66. The lowest BCUT2D eigenvalue weighted by Gasteiger charge is -2.02. The third-order valence-electron chi connectivity index (χ3n) is 5.33. The van der Waals surface area contributed by atoms with Gasteiger partial charge < -0.3 is 4.98 Å². The van der Waals surface area contributed by atoms with Crippen LogP contribution in [0, 0.1) is 0 Å². The zero-order valence-corrected chi connectivity index (χ0v) is 15.9. The largest absolute Gasteiger partial charge is 0.353 e. The summed E-state index contributed by atoms with van der Waals surface area (Å²) in [7, 11) is 0. The summed E-state index contributed by atoms with van der Waals surface area (Å²) in [4.78, 5) is 16.3. The molecule has 1 aromatic carbocycles. The number of nitrogens with zero attached hydrogens (tertiary/aromatic N) is 4. The van der Waals surface area contributed by atoms with Crippen LogP contribution in [0.15, 0.2) is 85.6 Å². The number of pyridine rings is 3. The number of benzene rings is 1. The molecule has 6 heteroatoms. The Morgan fingerprint density at radius 3 is 2.10 bits per heavy atom. The van der Waals surface area contributed by atoms with Crippen molar-refractivity contribution in [1.82, 2.24) is 30.1 Å². The maximum Gasteiger partial charge on any atom is 0.116 e. The van der Waals surface area contributed by atoms with Gasteiger partial charge in [-0.05, 0) is 59.7 Å². The number of H-pyrrole nitrogens is 2. The first-order valence-electron chi connectivity index (χ1n) is 9.64. The van der Waals surface area contributed by atoms with Gasteiger partial charge in [-0.25, -0.2) is 0 Å². The van der Waals surface area contributed by atoms with Gasteiger partial charge in [-0.2, -0.15) is 5.10 Å². The molecule has 142 valence electrons. The van der Waals surface area contributed by atoms with Gasteiger partial charge in [0.05, 0.1) is 16.9 Å². The standard InChI is InChI=1S/C24H16N6/c1-2-21-18(13-17(1)15-3-8-25-9-4-15)24(30-29-21)22-14-19-20(28-22)7-12-27-23(19)16-5-10-26-11-6-16/h1-14,28H,(H,29,30). The Labute approximate surface area is 171 Å². The van der Waals surface area contributed by atoms with Crippen molar-refractivity contribution in [3.05, 3.63) is 85.6 Å². The third-order valence-corrected chi connectivity index (χ3v) is 5.33. The van der Waals surface area contributed by atoms with Gasteiger partial charge in [0.15, 0.2) is 0 Å². The maximum absolute atomic E-state index is 4.61. The Morgan fingerprint density at radius 1 is 0.567 bits per heavy atom. The number of aromatic nitrogens is 6. The molecular formula is C24H16N6. The molecule has 0 bridgehead atoms. The van der Waals surface area contributed by atoms with Gasteiger partial charge in [0, 0.05) is 52.8 Å². The van der Waals surface area contributed by atoms with Crippen molar-refractivity contribution in [2.24, 2.45) is 0 Å². The molecule has 0 spiro atoms. The van der Waals surface area contributed by atoms with E-state index in [0.717, 1.165) is 55.6 Å². The predicted octanol–water partition coefficient (Wildman–Crippen LogP) is 5.23. The van der Waals surface area contributed by atoms with Gasteiger partial charge in [0.25, 0.3) is 0 Å². The van der Waals surface area contributed by atoms with Crippen molar-refractivity contribution in [2.45, 2.75) is 0 Å². The fourth-order valence-corrected chi connectivity index (χ4v) is 3.86. The lowest BCUT2D eigenvalue weighted by atomic mass is 10.0. The first-order chi connectivity index (χ1) is 14.9. The Hall–Kier alpha value is -4.32. The molecule has 5 heterocycles. The zero-order chi connectivity index (χ0) is 19.9. The molecule has 0 amide bonds. The maximum atomic E-state index is 4.61. The summed E-state index contributed by atoms with van der Waals surface area (Å²) in [5.41, 5.74) is 8.07. The second-order valence-corrected chi connectivity index (χ2v) is 7.11. The molecule has 2 N–H and O–H groups in total. The average molecular weight is 388 g/mol. The molecule has 0 aliphatic rings. The highest BCUT2D eigenvalue weighted by atomic mass is 15.1. The fraction of sp³-hybridized carbons (Fsp3) is 0. The van der Waals surface area contributed by atoms with Crippen LogP contribution in [-0.2, 0) is 0 Å². The Bertz CT molecular complexity index is 1480. The predicted molar refractivity (Wildman–Crippen MR) is 118 cm³/mol. The van der Waals surface area contributed by atoms with Crippen molar-refractivity contribution < 1.29 is 0 Å². The lowest BCUT2D eigenvalue weighted by Crippen LogP contribution is -1.84. The van der Waals surface area contributed by atoms with E-state index in [4.69, 9.17) is 0 Å². The van der Waals surface area contributed by atoms with E-state index in [1.54, 1.807) is 24.8 Å². The molecule has 0 saturated heterocycles. The number of hydrogen-bond acceptors (Lipinski definition) is 4. The summed E-state index contributed by atoms with van der Waals surface area (Å²) in [5, 5.41) is 9.87. The Kier molecular flexibility index (Phi) is 3.67. The van der Waals surface area contributed by atoms with Crippen LogP contribution in [0.4, 0.5) is 0 Å². The molecule has 6 nitrogen and oxygen atoms in total. The van der Waals surface area contributed by atoms with E-state index >= 15 is 0 Å². The monoisotopic (exact) mass is 388 g/mol. The van der Waals surface area contributed by atoms with Gasteiger partial charge in [-0.15, -0.1) is 0 Å². The van der Waals surface area contributed by atoms with Gasteiger partial charge >= 0.3 is 0 Å². The highest BCUT2D eigenvalue weighted by Gasteiger charge is 2.14. The van der Waals surface area contributed by atoms with Crippen LogP contribution in [-0.4, -0.2) is 30.1 Å². The smallest absolute Gasteiger partial charge is 0.116 e. The molecule has 6 rings (SSSR count). The second kappa shape index (κ2) is 6.63. The summed E-state index contributed by atoms with van der Waals surface area (Å²) < 4.78 is 0. The van der Waals surface area contributed by atoms with Crippen LogP contribution >= 0.6 is 0 Å². The molecule has 30 heavy (non-hydrogen) atoms. The average Bonchev–Trinajstić information content (AvgIpc) is 3.43. The number of hydrogen-bond donors (Lipinski definition) is 2. The van der Waals surface area contributed by atoms with E-state index in [-0.39, 0.29) is 0 Å². The Balaban J connectivity index is 1.52. The number of fused-ring (bicyclic) bond motifs is 2. The number of nitrogens with one attached hydrogen (secondary N) is 2. The van der Waals surface area contributed by atoms with E-state index in [0.29, 0.717) is 0 Å². The van der Waals surface area contributed by atoms with Crippen LogP contribution in [0.25, 0.3) is 55.6 Å². The molecule has 0 aliphatic heterocycles. The topological polar surface area (TPSA) is 83.1 Å². The molecule has 0 unspecified atom stereocenters. The molecule has 0 saturated carbocycles. The van der Waals surface area contributed by atoms with Crippen molar-refractivity contribution in [2.75, 3.05) is 0 Å². The fourth-order valence-electron chi connectivity index (χ4n) is 3.86. The van der Waals surface area contributed by atoms with Crippen LogP contribution in [0.2, 0.25) is 0 Å². The summed E-state index contributed by atoms with van der Waals surface area (Å²) in [6.07, 6.45) is 9.00. The quantitative estimate of drug-likeness (QED) is 0.435. The number of rotatable bonds is 3. The molecule has 0 fully saturated rings. The summed E-state index contributed by atoms with van der Waals surface area (Å²) >= 11 is 0.